The zero-order valence-electron chi connectivity index (χ0n) is 19.3. The van der Waals surface area contributed by atoms with E-state index in [-0.39, 0.29) is 24.4 Å². The van der Waals surface area contributed by atoms with Gasteiger partial charge >= 0.3 is 12.3 Å². The smallest absolute Gasteiger partial charge is 0.417 e. The first kappa shape index (κ1) is 24.3. The van der Waals surface area contributed by atoms with Crippen LogP contribution in [0.5, 0.6) is 0 Å². The number of halogens is 3. The van der Waals surface area contributed by atoms with Gasteiger partial charge in [0.05, 0.1) is 11.0 Å². The minimum Gasteiger partial charge on any atom is -0.444 e. The maximum absolute atomic E-state index is 13.7. The van der Waals surface area contributed by atoms with Crippen LogP contribution in [0.4, 0.5) is 18.0 Å². The van der Waals surface area contributed by atoms with Crippen LogP contribution in [0.3, 0.4) is 0 Å². The first-order valence-electron chi connectivity index (χ1n) is 11.1. The second-order valence-electron chi connectivity index (χ2n) is 10.2. The number of hydrogen-bond acceptors (Lipinski definition) is 4. The lowest BCUT2D eigenvalue weighted by atomic mass is 9.74. The lowest BCUT2D eigenvalue weighted by molar-refractivity contribution is -0.146. The second kappa shape index (κ2) is 8.56. The highest BCUT2D eigenvalue weighted by Crippen LogP contribution is 2.46. The van der Waals surface area contributed by atoms with Gasteiger partial charge in [-0.3, -0.25) is 9.78 Å². The van der Waals surface area contributed by atoms with Gasteiger partial charge in [-0.15, -0.1) is 0 Å². The van der Waals surface area contributed by atoms with Crippen LogP contribution in [0, 0.1) is 11.3 Å². The SMILES string of the molecule is CC(C)C1(C(=O)N2CCc3ncc(C(F)(F)F)cc3C2)CCC(NC(=O)OC(C)(C)C)C1. The van der Waals surface area contributed by atoms with Crippen molar-refractivity contribution in [2.45, 2.75) is 84.7 Å². The minimum atomic E-state index is -4.47. The van der Waals surface area contributed by atoms with Crippen molar-refractivity contribution in [3.8, 4) is 0 Å². The fourth-order valence-corrected chi connectivity index (χ4v) is 4.71. The molecular formula is C23H32F3N3O3. The number of alkyl carbamates (subject to hydrolysis) is 1. The normalized spacial score (nSPS) is 23.8. The lowest BCUT2D eigenvalue weighted by Gasteiger charge is -2.39. The molecule has 1 aliphatic heterocycles. The molecule has 1 aromatic rings. The Labute approximate surface area is 186 Å². The van der Waals surface area contributed by atoms with Crippen molar-refractivity contribution in [2.75, 3.05) is 6.54 Å². The van der Waals surface area contributed by atoms with E-state index in [1.54, 1.807) is 25.7 Å². The molecule has 6 nitrogen and oxygen atoms in total. The van der Waals surface area contributed by atoms with E-state index in [1.165, 1.54) is 0 Å². The highest BCUT2D eigenvalue weighted by Gasteiger charge is 2.50. The van der Waals surface area contributed by atoms with Gasteiger partial charge < -0.3 is 15.0 Å². The number of ether oxygens (including phenoxy) is 1. The molecule has 9 heteroatoms. The van der Waals surface area contributed by atoms with Crippen LogP contribution < -0.4 is 5.32 Å². The Morgan fingerprint density at radius 3 is 2.56 bits per heavy atom. The molecule has 1 aromatic heterocycles. The Morgan fingerprint density at radius 1 is 1.28 bits per heavy atom. The Morgan fingerprint density at radius 2 is 1.97 bits per heavy atom. The van der Waals surface area contributed by atoms with E-state index in [2.05, 4.69) is 10.3 Å². The monoisotopic (exact) mass is 455 g/mol. The summed E-state index contributed by atoms with van der Waals surface area (Å²) >= 11 is 0. The van der Waals surface area contributed by atoms with Crippen molar-refractivity contribution in [3.05, 3.63) is 29.1 Å². The maximum Gasteiger partial charge on any atom is 0.417 e. The molecule has 0 bridgehead atoms. The van der Waals surface area contributed by atoms with Crippen molar-refractivity contribution < 1.29 is 27.5 Å². The Balaban J connectivity index is 1.74. The number of fused-ring (bicyclic) bond motifs is 1. The molecule has 0 saturated heterocycles. The number of hydrogen-bond donors (Lipinski definition) is 1. The van der Waals surface area contributed by atoms with E-state index in [0.717, 1.165) is 12.3 Å². The van der Waals surface area contributed by atoms with Crippen LogP contribution in [0.1, 0.15) is 70.7 Å². The van der Waals surface area contributed by atoms with E-state index < -0.39 is 28.8 Å². The van der Waals surface area contributed by atoms with Gasteiger partial charge in [0.15, 0.2) is 0 Å². The van der Waals surface area contributed by atoms with E-state index in [9.17, 15) is 22.8 Å². The van der Waals surface area contributed by atoms with Gasteiger partial charge in [-0.2, -0.15) is 13.2 Å². The molecule has 2 amide bonds. The van der Waals surface area contributed by atoms with Crippen molar-refractivity contribution in [1.29, 1.82) is 0 Å². The number of aromatic nitrogens is 1. The minimum absolute atomic E-state index is 0.0152. The number of nitrogens with zero attached hydrogens (tertiary/aromatic N) is 2. The number of carbonyl (C=O) groups excluding carboxylic acids is 2. The predicted molar refractivity (Wildman–Crippen MR) is 113 cm³/mol. The zero-order valence-corrected chi connectivity index (χ0v) is 19.3. The highest BCUT2D eigenvalue weighted by molar-refractivity contribution is 5.84. The standard InChI is InChI=1S/C23H32F3N3O3/c1-14(2)22(8-6-17(11-22)28-20(31)32-21(3,4)5)19(30)29-9-7-18-15(13-29)10-16(12-27-18)23(24,25)26/h10,12,14,17H,6-9,11,13H2,1-5H3,(H,28,31). The molecule has 1 saturated carbocycles. The summed E-state index contributed by atoms with van der Waals surface area (Å²) in [5.41, 5.74) is -1.03. The number of rotatable bonds is 3. The highest BCUT2D eigenvalue weighted by atomic mass is 19.4. The summed E-state index contributed by atoms with van der Waals surface area (Å²) < 4.78 is 44.7. The third kappa shape index (κ3) is 5.18. The maximum atomic E-state index is 13.7. The average Bonchev–Trinajstić information content (AvgIpc) is 3.09. The number of pyridine rings is 1. The van der Waals surface area contributed by atoms with Crippen LogP contribution in [-0.2, 0) is 28.7 Å². The molecule has 0 spiro atoms. The Kier molecular flexibility index (Phi) is 6.50. The molecule has 0 radical (unpaired) electrons. The lowest BCUT2D eigenvalue weighted by Crippen LogP contribution is -2.48. The molecule has 1 fully saturated rings. The van der Waals surface area contributed by atoms with Gasteiger partial charge in [0.1, 0.15) is 5.60 Å². The summed E-state index contributed by atoms with van der Waals surface area (Å²) in [6.45, 7) is 9.86. The van der Waals surface area contributed by atoms with Crippen molar-refractivity contribution >= 4 is 12.0 Å². The van der Waals surface area contributed by atoms with Crippen LogP contribution in [0.25, 0.3) is 0 Å². The van der Waals surface area contributed by atoms with Gasteiger partial charge in [0.2, 0.25) is 5.91 Å². The van der Waals surface area contributed by atoms with Crippen LogP contribution in [0.2, 0.25) is 0 Å². The molecule has 3 rings (SSSR count). The molecule has 1 aliphatic carbocycles. The van der Waals surface area contributed by atoms with Crippen molar-refractivity contribution in [2.24, 2.45) is 11.3 Å². The fraction of sp³-hybridized carbons (Fsp3) is 0.696. The predicted octanol–water partition coefficient (Wildman–Crippen LogP) is 4.70. The van der Waals surface area contributed by atoms with Gasteiger partial charge in [0.25, 0.3) is 0 Å². The first-order valence-corrected chi connectivity index (χ1v) is 11.1. The summed E-state index contributed by atoms with van der Waals surface area (Å²) in [4.78, 5) is 31.5. The van der Waals surface area contributed by atoms with E-state index in [0.29, 0.717) is 43.5 Å². The molecule has 2 aliphatic rings. The Hall–Kier alpha value is -2.32. The van der Waals surface area contributed by atoms with Gasteiger partial charge in [-0.05, 0) is 57.6 Å². The fourth-order valence-electron chi connectivity index (χ4n) is 4.71. The van der Waals surface area contributed by atoms with E-state index >= 15 is 0 Å². The molecule has 2 atom stereocenters. The van der Waals surface area contributed by atoms with Gasteiger partial charge in [-0.1, -0.05) is 13.8 Å². The van der Waals surface area contributed by atoms with E-state index in [4.69, 9.17) is 4.74 Å². The third-order valence-corrected chi connectivity index (χ3v) is 6.46. The molecule has 1 N–H and O–H groups in total. The number of amides is 2. The summed E-state index contributed by atoms with van der Waals surface area (Å²) in [5, 5.41) is 2.88. The van der Waals surface area contributed by atoms with Gasteiger partial charge in [0, 0.05) is 37.4 Å². The molecule has 0 aromatic carbocycles. The molecular weight excluding hydrogens is 423 g/mol. The van der Waals surface area contributed by atoms with Crippen LogP contribution in [0.15, 0.2) is 12.3 Å². The largest absolute Gasteiger partial charge is 0.444 e. The van der Waals surface area contributed by atoms with Crippen LogP contribution >= 0.6 is 0 Å². The second-order valence-corrected chi connectivity index (χ2v) is 10.2. The topological polar surface area (TPSA) is 71.5 Å². The molecule has 2 heterocycles. The van der Waals surface area contributed by atoms with Crippen molar-refractivity contribution in [1.82, 2.24) is 15.2 Å². The van der Waals surface area contributed by atoms with E-state index in [1.807, 2.05) is 13.8 Å². The molecule has 32 heavy (non-hydrogen) atoms. The molecule has 2 unspecified atom stereocenters. The van der Waals surface area contributed by atoms with Crippen molar-refractivity contribution in [3.63, 3.8) is 0 Å². The van der Waals surface area contributed by atoms with Gasteiger partial charge in [-0.25, -0.2) is 4.79 Å². The summed E-state index contributed by atoms with van der Waals surface area (Å²) in [7, 11) is 0. The number of nitrogens with one attached hydrogen (secondary N) is 1. The summed E-state index contributed by atoms with van der Waals surface area (Å²) in [6, 6.07) is 0.914. The first-order chi connectivity index (χ1) is 14.7. The van der Waals surface area contributed by atoms with Crippen LogP contribution in [-0.4, -0.2) is 40.1 Å². The quantitative estimate of drug-likeness (QED) is 0.717. The molecule has 178 valence electrons. The Bertz CT molecular complexity index is 879. The number of alkyl halides is 3. The average molecular weight is 456 g/mol. The summed E-state index contributed by atoms with van der Waals surface area (Å²) in [5.74, 6) is -0.0504. The third-order valence-electron chi connectivity index (χ3n) is 6.46. The zero-order chi connectivity index (χ0) is 23.9. The summed E-state index contributed by atoms with van der Waals surface area (Å²) in [6.07, 6.45) is -1.97. The number of carbonyl (C=O) groups is 2.